The first-order valence-electron chi connectivity index (χ1n) is 6.94. The Kier molecular flexibility index (Phi) is 4.03. The second-order valence-electron chi connectivity index (χ2n) is 6.27. The average Bonchev–Trinajstić information content (AvgIpc) is 2.40. The van der Waals surface area contributed by atoms with E-state index in [1.54, 1.807) is 18.3 Å². The third kappa shape index (κ3) is 3.63. The van der Waals surface area contributed by atoms with Crippen molar-refractivity contribution >= 4 is 11.9 Å². The van der Waals surface area contributed by atoms with Crippen LogP contribution in [0, 0.1) is 6.92 Å². The molecular weight excluding hydrogens is 262 g/mol. The highest BCUT2D eigenvalue weighted by molar-refractivity contribution is 5.86. The Labute approximate surface area is 125 Å². The molecule has 2 aromatic rings. The minimum atomic E-state index is -0.0105. The highest BCUT2D eigenvalue weighted by Crippen LogP contribution is 2.32. The van der Waals surface area contributed by atoms with Crippen molar-refractivity contribution in [1.29, 1.82) is 0 Å². The Balaban J connectivity index is 2.39. The second-order valence-corrected chi connectivity index (χ2v) is 6.27. The smallest absolute Gasteiger partial charge is 0.141 e. The summed E-state index contributed by atoms with van der Waals surface area (Å²) >= 11 is 0. The van der Waals surface area contributed by atoms with Gasteiger partial charge in [-0.1, -0.05) is 38.5 Å². The number of aromatic hydroxyl groups is 2. The molecule has 3 nitrogen and oxygen atoms in total. The number of phenolic OH excluding ortho intramolecular Hbond substituents is 2. The van der Waals surface area contributed by atoms with Gasteiger partial charge in [0.2, 0.25) is 0 Å². The number of aryl methyl sites for hydroxylation is 1. The molecule has 0 aliphatic carbocycles. The largest absolute Gasteiger partial charge is 0.507 e. The molecule has 0 heterocycles. The summed E-state index contributed by atoms with van der Waals surface area (Å²) in [6.45, 7) is 8.28. The first-order chi connectivity index (χ1) is 9.77. The van der Waals surface area contributed by atoms with Crippen LogP contribution in [-0.4, -0.2) is 16.4 Å². The lowest BCUT2D eigenvalue weighted by Gasteiger charge is -2.19. The Morgan fingerprint density at radius 1 is 0.952 bits per heavy atom. The Morgan fingerprint density at radius 2 is 1.62 bits per heavy atom. The monoisotopic (exact) mass is 283 g/mol. The number of hydrogen-bond acceptors (Lipinski definition) is 3. The van der Waals surface area contributed by atoms with Gasteiger partial charge in [-0.05, 0) is 42.2 Å². The molecule has 0 radical (unpaired) electrons. The van der Waals surface area contributed by atoms with Crippen molar-refractivity contribution < 1.29 is 10.2 Å². The van der Waals surface area contributed by atoms with Gasteiger partial charge < -0.3 is 10.2 Å². The minimum Gasteiger partial charge on any atom is -0.507 e. The van der Waals surface area contributed by atoms with Crippen molar-refractivity contribution in [2.75, 3.05) is 0 Å². The van der Waals surface area contributed by atoms with Crippen LogP contribution in [0.15, 0.2) is 41.4 Å². The van der Waals surface area contributed by atoms with E-state index in [2.05, 4.69) is 25.8 Å². The van der Waals surface area contributed by atoms with Crippen LogP contribution in [0.1, 0.15) is 37.5 Å². The molecule has 2 aromatic carbocycles. The number of benzene rings is 2. The fourth-order valence-corrected chi connectivity index (χ4v) is 2.01. The summed E-state index contributed by atoms with van der Waals surface area (Å²) in [5.74, 6) is 0.308. The predicted molar refractivity (Wildman–Crippen MR) is 86.9 cm³/mol. The SMILES string of the molecule is Cc1ccc(O)c(/C=N/c2cc(C(C)(C)C)ccc2O)c1. The number of hydrogen-bond donors (Lipinski definition) is 2. The summed E-state index contributed by atoms with van der Waals surface area (Å²) in [6, 6.07) is 10.8. The number of nitrogens with zero attached hydrogens (tertiary/aromatic N) is 1. The molecule has 21 heavy (non-hydrogen) atoms. The van der Waals surface area contributed by atoms with E-state index in [0.717, 1.165) is 11.1 Å². The summed E-state index contributed by atoms with van der Waals surface area (Å²) in [6.07, 6.45) is 1.57. The van der Waals surface area contributed by atoms with Crippen LogP contribution in [0.4, 0.5) is 5.69 Å². The topological polar surface area (TPSA) is 52.8 Å². The zero-order chi connectivity index (χ0) is 15.6. The van der Waals surface area contributed by atoms with Gasteiger partial charge in [0.05, 0.1) is 0 Å². The predicted octanol–water partition coefficient (Wildman–Crippen LogP) is 4.45. The van der Waals surface area contributed by atoms with Gasteiger partial charge in [0.25, 0.3) is 0 Å². The Morgan fingerprint density at radius 3 is 2.29 bits per heavy atom. The van der Waals surface area contributed by atoms with Crippen molar-refractivity contribution in [3.63, 3.8) is 0 Å². The van der Waals surface area contributed by atoms with Crippen LogP contribution in [0.2, 0.25) is 0 Å². The van der Waals surface area contributed by atoms with E-state index in [1.807, 2.05) is 31.2 Å². The highest BCUT2D eigenvalue weighted by Gasteiger charge is 2.15. The van der Waals surface area contributed by atoms with Gasteiger partial charge in [-0.2, -0.15) is 0 Å². The average molecular weight is 283 g/mol. The van der Waals surface area contributed by atoms with Crippen LogP contribution < -0.4 is 0 Å². The molecule has 0 aliphatic heterocycles. The molecule has 0 aromatic heterocycles. The van der Waals surface area contributed by atoms with Gasteiger partial charge in [0.15, 0.2) is 0 Å². The van der Waals surface area contributed by atoms with Crippen molar-refractivity contribution in [3.05, 3.63) is 53.1 Å². The van der Waals surface area contributed by atoms with Crippen molar-refractivity contribution in [2.45, 2.75) is 33.1 Å². The summed E-state index contributed by atoms with van der Waals surface area (Å²) in [4.78, 5) is 4.32. The van der Waals surface area contributed by atoms with E-state index >= 15 is 0 Å². The van der Waals surface area contributed by atoms with Gasteiger partial charge in [-0.15, -0.1) is 0 Å². The molecule has 0 aliphatic rings. The van der Waals surface area contributed by atoms with Gasteiger partial charge in [0.1, 0.15) is 17.2 Å². The van der Waals surface area contributed by atoms with Crippen LogP contribution in [0.25, 0.3) is 0 Å². The quantitative estimate of drug-likeness (QED) is 0.800. The van der Waals surface area contributed by atoms with E-state index in [1.165, 1.54) is 0 Å². The lowest BCUT2D eigenvalue weighted by atomic mass is 9.87. The number of rotatable bonds is 2. The highest BCUT2D eigenvalue weighted by atomic mass is 16.3. The molecule has 2 rings (SSSR count). The van der Waals surface area contributed by atoms with Gasteiger partial charge in [-0.25, -0.2) is 0 Å². The van der Waals surface area contributed by atoms with E-state index in [4.69, 9.17) is 0 Å². The minimum absolute atomic E-state index is 0.0105. The number of aliphatic imine (C=N–C) groups is 1. The van der Waals surface area contributed by atoms with E-state index in [9.17, 15) is 10.2 Å². The first-order valence-corrected chi connectivity index (χ1v) is 6.94. The first kappa shape index (κ1) is 15.1. The molecule has 3 heteroatoms. The number of phenols is 2. The lowest BCUT2D eigenvalue weighted by Crippen LogP contribution is -2.10. The van der Waals surface area contributed by atoms with Crippen LogP contribution in [0.5, 0.6) is 11.5 Å². The maximum absolute atomic E-state index is 9.93. The molecule has 0 saturated carbocycles. The molecule has 2 N–H and O–H groups in total. The summed E-state index contributed by atoms with van der Waals surface area (Å²) < 4.78 is 0. The molecular formula is C18H21NO2. The fraction of sp³-hybridized carbons (Fsp3) is 0.278. The molecule has 0 unspecified atom stereocenters. The van der Waals surface area contributed by atoms with E-state index < -0.39 is 0 Å². The van der Waals surface area contributed by atoms with E-state index in [0.29, 0.717) is 11.3 Å². The van der Waals surface area contributed by atoms with Crippen LogP contribution in [-0.2, 0) is 5.41 Å². The standard InChI is InChI=1S/C18H21NO2/c1-12-5-7-16(20)13(9-12)11-19-15-10-14(18(2,3)4)6-8-17(15)21/h5-11,20-21H,1-4H3/b19-11+. The van der Waals surface area contributed by atoms with Crippen molar-refractivity contribution in [3.8, 4) is 11.5 Å². The fourth-order valence-electron chi connectivity index (χ4n) is 2.01. The van der Waals surface area contributed by atoms with E-state index in [-0.39, 0.29) is 16.9 Å². The third-order valence-electron chi connectivity index (χ3n) is 3.37. The van der Waals surface area contributed by atoms with Gasteiger partial charge in [0, 0.05) is 11.8 Å². The van der Waals surface area contributed by atoms with Crippen LogP contribution >= 0.6 is 0 Å². The summed E-state index contributed by atoms with van der Waals surface area (Å²) in [5, 5.41) is 19.7. The molecule has 110 valence electrons. The summed E-state index contributed by atoms with van der Waals surface area (Å²) in [7, 11) is 0. The van der Waals surface area contributed by atoms with Crippen LogP contribution in [0.3, 0.4) is 0 Å². The zero-order valence-electron chi connectivity index (χ0n) is 12.9. The normalized spacial score (nSPS) is 12.0. The zero-order valence-corrected chi connectivity index (χ0v) is 12.9. The molecule has 0 spiro atoms. The molecule has 0 amide bonds. The molecule has 0 atom stereocenters. The Bertz CT molecular complexity index is 682. The lowest BCUT2D eigenvalue weighted by molar-refractivity contribution is 0.473. The second kappa shape index (κ2) is 5.60. The van der Waals surface area contributed by atoms with Crippen molar-refractivity contribution in [2.24, 2.45) is 4.99 Å². The molecule has 0 fully saturated rings. The summed E-state index contributed by atoms with van der Waals surface area (Å²) in [5.41, 5.74) is 3.27. The molecule has 0 bridgehead atoms. The van der Waals surface area contributed by atoms with Gasteiger partial charge >= 0.3 is 0 Å². The molecule has 0 saturated heterocycles. The third-order valence-corrected chi connectivity index (χ3v) is 3.37. The maximum Gasteiger partial charge on any atom is 0.141 e. The Hall–Kier alpha value is -2.29. The van der Waals surface area contributed by atoms with Gasteiger partial charge in [-0.3, -0.25) is 4.99 Å². The maximum atomic E-state index is 9.93. The van der Waals surface area contributed by atoms with Crippen molar-refractivity contribution in [1.82, 2.24) is 0 Å².